The first-order chi connectivity index (χ1) is 15.4. The summed E-state index contributed by atoms with van der Waals surface area (Å²) in [5, 5.41) is 14.8. The van der Waals surface area contributed by atoms with E-state index in [1.165, 1.54) is 50.6 Å². The summed E-state index contributed by atoms with van der Waals surface area (Å²) in [4.78, 5) is 21.0. The van der Waals surface area contributed by atoms with Crippen LogP contribution in [0, 0.1) is 5.92 Å². The number of ether oxygens (including phenoxy) is 1. The van der Waals surface area contributed by atoms with E-state index in [0.29, 0.717) is 11.5 Å². The fourth-order valence-corrected chi connectivity index (χ4v) is 6.20. The van der Waals surface area contributed by atoms with Gasteiger partial charge in [-0.1, -0.05) is 49.2 Å². The van der Waals surface area contributed by atoms with Crippen molar-refractivity contribution in [2.75, 3.05) is 13.7 Å². The van der Waals surface area contributed by atoms with Gasteiger partial charge in [-0.25, -0.2) is 9.59 Å². The molecule has 2 aromatic carbocycles. The molecule has 32 heavy (non-hydrogen) atoms. The smallest absolute Gasteiger partial charge is 0.414 e. The van der Waals surface area contributed by atoms with Crippen LogP contribution in [0.2, 0.25) is 0 Å². The molecule has 2 N–H and O–H groups in total. The molecule has 5 rings (SSSR count). The second-order valence-corrected chi connectivity index (χ2v) is 9.12. The number of fused-ring (bicyclic) bond motifs is 1. The molecule has 0 spiro atoms. The molecule has 2 bridgehead atoms. The first-order valence-electron chi connectivity index (χ1n) is 11.4. The van der Waals surface area contributed by atoms with Gasteiger partial charge < -0.3 is 14.9 Å². The molecule has 6 heteroatoms. The number of piperidine rings is 1. The van der Waals surface area contributed by atoms with E-state index in [-0.39, 0.29) is 0 Å². The molecule has 170 valence electrons. The quantitative estimate of drug-likeness (QED) is 0.703. The highest BCUT2D eigenvalue weighted by molar-refractivity contribution is 6.27. The minimum atomic E-state index is -1.82. The Labute approximate surface area is 188 Å². The molecule has 2 aromatic rings. The zero-order valence-electron chi connectivity index (χ0n) is 18.5. The Morgan fingerprint density at radius 3 is 2.50 bits per heavy atom. The maximum absolute atomic E-state index is 9.10. The topological polar surface area (TPSA) is 87.1 Å². The zero-order valence-corrected chi connectivity index (χ0v) is 18.5. The van der Waals surface area contributed by atoms with Crippen molar-refractivity contribution in [2.45, 2.75) is 56.5 Å². The van der Waals surface area contributed by atoms with Crippen LogP contribution in [0.3, 0.4) is 0 Å². The number of carboxylic acids is 2. The summed E-state index contributed by atoms with van der Waals surface area (Å²) in [6.07, 6.45) is 8.07. The van der Waals surface area contributed by atoms with Crippen molar-refractivity contribution in [3.63, 3.8) is 0 Å². The summed E-state index contributed by atoms with van der Waals surface area (Å²) in [6.45, 7) is 2.33. The van der Waals surface area contributed by atoms with Gasteiger partial charge in [-0.05, 0) is 67.0 Å². The number of hydrogen-bond acceptors (Lipinski definition) is 4. The fourth-order valence-electron chi connectivity index (χ4n) is 6.20. The van der Waals surface area contributed by atoms with Crippen molar-refractivity contribution >= 4 is 11.9 Å². The van der Waals surface area contributed by atoms with Crippen LogP contribution in [0.15, 0.2) is 48.5 Å². The van der Waals surface area contributed by atoms with E-state index in [4.69, 9.17) is 24.5 Å². The third-order valence-corrected chi connectivity index (χ3v) is 7.57. The summed E-state index contributed by atoms with van der Waals surface area (Å²) in [5.41, 5.74) is 5.05. The highest BCUT2D eigenvalue weighted by Gasteiger charge is 2.53. The normalized spacial score (nSPS) is 26.0. The van der Waals surface area contributed by atoms with Gasteiger partial charge in [0.2, 0.25) is 0 Å². The first-order valence-corrected chi connectivity index (χ1v) is 11.4. The molecule has 3 aliphatic rings. The lowest BCUT2D eigenvalue weighted by atomic mass is 9.52. The SMILES string of the molecule is COc1ccc2c(c1)[C@]13CCCC[C@@H]1[C@H](C2)N(Cc1ccccc1)CC3.O=C(O)C(=O)O. The minimum absolute atomic E-state index is 0.401. The van der Waals surface area contributed by atoms with Gasteiger partial charge in [-0.15, -0.1) is 0 Å². The zero-order chi connectivity index (χ0) is 22.7. The molecule has 1 aliphatic heterocycles. The van der Waals surface area contributed by atoms with Gasteiger partial charge in [-0.2, -0.15) is 0 Å². The summed E-state index contributed by atoms with van der Waals surface area (Å²) in [5.74, 6) is -1.80. The highest BCUT2D eigenvalue weighted by Crippen LogP contribution is 2.56. The van der Waals surface area contributed by atoms with Crippen molar-refractivity contribution < 1.29 is 24.5 Å². The van der Waals surface area contributed by atoms with Crippen LogP contribution in [0.4, 0.5) is 0 Å². The molecular weight excluding hydrogens is 406 g/mol. The lowest BCUT2D eigenvalue weighted by Crippen LogP contribution is -2.60. The van der Waals surface area contributed by atoms with Crippen LogP contribution in [-0.4, -0.2) is 46.7 Å². The Balaban J connectivity index is 0.000000363. The monoisotopic (exact) mass is 437 g/mol. The van der Waals surface area contributed by atoms with Gasteiger partial charge in [-0.3, -0.25) is 4.90 Å². The highest BCUT2D eigenvalue weighted by atomic mass is 16.5. The number of aliphatic carboxylic acids is 2. The number of likely N-dealkylation sites (tertiary alicyclic amines) is 1. The second kappa shape index (κ2) is 9.33. The van der Waals surface area contributed by atoms with Crippen LogP contribution >= 0.6 is 0 Å². The molecule has 2 fully saturated rings. The molecular formula is C26H31NO5. The fraction of sp³-hybridized carbons (Fsp3) is 0.462. The standard InChI is InChI=1S/C24H29NO.C2H2O4/c1-26-20-11-10-19-15-23-21-9-5-6-12-24(21,22(19)16-20)13-14-25(23)17-18-7-3-2-4-8-18;3-1(4)2(5)6/h2-4,7-8,10-11,16,21,23H,5-6,9,12-15,17H2,1H3;(H,3,4)(H,5,6)/t21-,23+,24+;/m1./s1. The van der Waals surface area contributed by atoms with E-state index in [2.05, 4.69) is 53.4 Å². The summed E-state index contributed by atoms with van der Waals surface area (Å²) >= 11 is 0. The molecule has 1 saturated carbocycles. The summed E-state index contributed by atoms with van der Waals surface area (Å²) in [7, 11) is 1.80. The Morgan fingerprint density at radius 1 is 1.06 bits per heavy atom. The van der Waals surface area contributed by atoms with Gasteiger partial charge >= 0.3 is 11.9 Å². The van der Waals surface area contributed by atoms with Gasteiger partial charge in [0, 0.05) is 18.0 Å². The number of nitrogens with zero attached hydrogens (tertiary/aromatic N) is 1. The van der Waals surface area contributed by atoms with Crippen LogP contribution in [0.1, 0.15) is 48.8 Å². The molecule has 0 amide bonds. The molecule has 1 saturated heterocycles. The van der Waals surface area contributed by atoms with Gasteiger partial charge in [0.1, 0.15) is 5.75 Å². The van der Waals surface area contributed by atoms with Crippen molar-refractivity contribution in [3.05, 3.63) is 65.2 Å². The molecule has 2 aliphatic carbocycles. The Hall–Kier alpha value is -2.86. The molecule has 0 radical (unpaired) electrons. The Morgan fingerprint density at radius 2 is 1.81 bits per heavy atom. The Kier molecular flexibility index (Phi) is 6.51. The number of rotatable bonds is 3. The molecule has 3 atom stereocenters. The van der Waals surface area contributed by atoms with Crippen LogP contribution in [-0.2, 0) is 28.0 Å². The van der Waals surface area contributed by atoms with Crippen molar-refractivity contribution in [2.24, 2.45) is 5.92 Å². The summed E-state index contributed by atoms with van der Waals surface area (Å²) < 4.78 is 5.58. The van der Waals surface area contributed by atoms with Crippen molar-refractivity contribution in [1.29, 1.82) is 0 Å². The number of methoxy groups -OCH3 is 1. The number of carboxylic acid groups (broad SMARTS) is 2. The van der Waals surface area contributed by atoms with Crippen molar-refractivity contribution in [1.82, 2.24) is 4.90 Å². The number of hydrogen-bond donors (Lipinski definition) is 2. The van der Waals surface area contributed by atoms with Crippen LogP contribution in [0.5, 0.6) is 5.75 Å². The van der Waals surface area contributed by atoms with E-state index in [1.807, 2.05) is 0 Å². The average molecular weight is 438 g/mol. The summed E-state index contributed by atoms with van der Waals surface area (Å²) in [6, 6.07) is 18.6. The molecule has 0 unspecified atom stereocenters. The number of carbonyl (C=O) groups is 2. The van der Waals surface area contributed by atoms with Crippen molar-refractivity contribution in [3.8, 4) is 5.75 Å². The van der Waals surface area contributed by atoms with E-state index in [0.717, 1.165) is 18.2 Å². The maximum Gasteiger partial charge on any atom is 0.414 e. The maximum atomic E-state index is 9.10. The Bertz CT molecular complexity index is 963. The average Bonchev–Trinajstić information content (AvgIpc) is 2.81. The first kappa shape index (κ1) is 22.3. The molecule has 0 aromatic heterocycles. The number of benzene rings is 2. The van der Waals surface area contributed by atoms with Gasteiger partial charge in [0.05, 0.1) is 7.11 Å². The minimum Gasteiger partial charge on any atom is -0.497 e. The van der Waals surface area contributed by atoms with E-state index in [1.54, 1.807) is 18.2 Å². The third kappa shape index (κ3) is 4.24. The van der Waals surface area contributed by atoms with Crippen LogP contribution in [0.25, 0.3) is 0 Å². The van der Waals surface area contributed by atoms with Crippen LogP contribution < -0.4 is 4.74 Å². The van der Waals surface area contributed by atoms with Gasteiger partial charge in [0.25, 0.3) is 0 Å². The predicted molar refractivity (Wildman–Crippen MR) is 121 cm³/mol. The van der Waals surface area contributed by atoms with E-state index < -0.39 is 11.9 Å². The lowest BCUT2D eigenvalue weighted by molar-refractivity contribution is -0.159. The lowest BCUT2D eigenvalue weighted by Gasteiger charge is -2.59. The second-order valence-electron chi connectivity index (χ2n) is 9.12. The third-order valence-electron chi connectivity index (χ3n) is 7.57. The molecule has 6 nitrogen and oxygen atoms in total. The largest absolute Gasteiger partial charge is 0.497 e. The van der Waals surface area contributed by atoms with Gasteiger partial charge in [0.15, 0.2) is 0 Å². The molecule has 1 heterocycles. The van der Waals surface area contributed by atoms with E-state index >= 15 is 0 Å². The predicted octanol–water partition coefficient (Wildman–Crippen LogP) is 4.11. The van der Waals surface area contributed by atoms with E-state index in [9.17, 15) is 0 Å².